The summed E-state index contributed by atoms with van der Waals surface area (Å²) in [5.41, 5.74) is -0.414. The normalized spacial score (nSPS) is 40.5. The van der Waals surface area contributed by atoms with Gasteiger partial charge in [0.2, 0.25) is 11.8 Å². The van der Waals surface area contributed by atoms with E-state index in [1.807, 2.05) is 25.7 Å². The molecule has 2 amide bonds. The molecule has 0 spiro atoms. The highest BCUT2D eigenvalue weighted by atomic mass is 16.5. The van der Waals surface area contributed by atoms with E-state index in [0.29, 0.717) is 26.1 Å². The molecule has 0 aromatic carbocycles. The van der Waals surface area contributed by atoms with Gasteiger partial charge < -0.3 is 15.0 Å². The van der Waals surface area contributed by atoms with E-state index in [0.717, 1.165) is 37.0 Å². The highest BCUT2D eigenvalue weighted by molar-refractivity contribution is 5.84. The standard InChI is InChI=1S/C21H34N2O3/c1-14-12-23(13-20(2,3)26-14)18(24)4-5-22-19(25)21-9-15-6-16(10-21)8-17(7-15)11-21/h14-17H,4-13H2,1-3H3,(H,22,25). The van der Waals surface area contributed by atoms with E-state index < -0.39 is 0 Å². The summed E-state index contributed by atoms with van der Waals surface area (Å²) in [4.78, 5) is 27.4. The summed E-state index contributed by atoms with van der Waals surface area (Å²) < 4.78 is 5.87. The number of ether oxygens (including phenoxy) is 1. The first-order valence-electron chi connectivity index (χ1n) is 10.5. The molecule has 1 heterocycles. The van der Waals surface area contributed by atoms with Crippen LogP contribution in [0, 0.1) is 23.2 Å². The number of nitrogens with zero attached hydrogens (tertiary/aromatic N) is 1. The van der Waals surface area contributed by atoms with Crippen LogP contribution in [0.2, 0.25) is 0 Å². The maximum Gasteiger partial charge on any atom is 0.226 e. The molecule has 5 rings (SSSR count). The third-order valence-electron chi connectivity index (χ3n) is 7.07. The van der Waals surface area contributed by atoms with Crippen molar-refractivity contribution in [1.82, 2.24) is 10.2 Å². The second-order valence-corrected chi connectivity index (χ2v) is 10.2. The van der Waals surface area contributed by atoms with Crippen LogP contribution in [0.3, 0.4) is 0 Å². The molecule has 1 unspecified atom stereocenters. The van der Waals surface area contributed by atoms with Crippen LogP contribution in [-0.4, -0.2) is 48.1 Å². The predicted octanol–water partition coefficient (Wildman–Crippen LogP) is 2.74. The highest BCUT2D eigenvalue weighted by Gasteiger charge is 2.54. The number of amides is 2. The highest BCUT2D eigenvalue weighted by Crippen LogP contribution is 2.60. The quantitative estimate of drug-likeness (QED) is 0.837. The molecule has 4 aliphatic carbocycles. The fourth-order valence-corrected chi connectivity index (χ4v) is 6.66. The zero-order chi connectivity index (χ0) is 18.5. The molecule has 4 bridgehead atoms. The van der Waals surface area contributed by atoms with Crippen molar-refractivity contribution in [3.05, 3.63) is 0 Å². The van der Waals surface area contributed by atoms with Crippen LogP contribution in [0.1, 0.15) is 65.7 Å². The summed E-state index contributed by atoms with van der Waals surface area (Å²) in [6, 6.07) is 0. The van der Waals surface area contributed by atoms with Gasteiger partial charge in [-0.05, 0) is 77.0 Å². The molecule has 0 aromatic heterocycles. The van der Waals surface area contributed by atoms with Gasteiger partial charge in [0, 0.05) is 31.5 Å². The van der Waals surface area contributed by atoms with Gasteiger partial charge in [0.15, 0.2) is 0 Å². The van der Waals surface area contributed by atoms with Crippen molar-refractivity contribution >= 4 is 11.8 Å². The SMILES string of the molecule is CC1CN(C(=O)CCNC(=O)C23CC4CC(CC(C4)C2)C3)CC(C)(C)O1. The lowest BCUT2D eigenvalue weighted by molar-refractivity contribution is -0.158. The van der Waals surface area contributed by atoms with Crippen LogP contribution < -0.4 is 5.32 Å². The molecule has 1 atom stereocenters. The summed E-state index contributed by atoms with van der Waals surface area (Å²) in [6.07, 6.45) is 7.71. The summed E-state index contributed by atoms with van der Waals surface area (Å²) >= 11 is 0. The minimum atomic E-state index is -0.296. The van der Waals surface area contributed by atoms with Gasteiger partial charge in [0.05, 0.1) is 11.7 Å². The first-order chi connectivity index (χ1) is 12.2. The zero-order valence-electron chi connectivity index (χ0n) is 16.6. The summed E-state index contributed by atoms with van der Waals surface area (Å²) in [6.45, 7) is 7.79. The number of nitrogens with one attached hydrogen (secondary N) is 1. The largest absolute Gasteiger partial charge is 0.369 e. The topological polar surface area (TPSA) is 58.6 Å². The van der Waals surface area contributed by atoms with Crippen LogP contribution in [0.4, 0.5) is 0 Å². The molecule has 4 saturated carbocycles. The molecule has 1 aliphatic heterocycles. The van der Waals surface area contributed by atoms with Crippen molar-refractivity contribution in [2.45, 2.75) is 77.4 Å². The molecule has 1 saturated heterocycles. The zero-order valence-corrected chi connectivity index (χ0v) is 16.6. The first-order valence-corrected chi connectivity index (χ1v) is 10.5. The van der Waals surface area contributed by atoms with Gasteiger partial charge in [-0.2, -0.15) is 0 Å². The number of carbonyl (C=O) groups excluding carboxylic acids is 2. The Kier molecular flexibility index (Phi) is 4.57. The van der Waals surface area contributed by atoms with Crippen molar-refractivity contribution in [3.8, 4) is 0 Å². The monoisotopic (exact) mass is 362 g/mol. The smallest absolute Gasteiger partial charge is 0.226 e. The molecule has 0 aromatic rings. The fourth-order valence-electron chi connectivity index (χ4n) is 6.66. The first kappa shape index (κ1) is 18.3. The van der Waals surface area contributed by atoms with Crippen LogP contribution in [0.5, 0.6) is 0 Å². The van der Waals surface area contributed by atoms with Crippen molar-refractivity contribution in [1.29, 1.82) is 0 Å². The van der Waals surface area contributed by atoms with E-state index >= 15 is 0 Å². The number of hydrogen-bond donors (Lipinski definition) is 1. The van der Waals surface area contributed by atoms with Crippen LogP contribution >= 0.6 is 0 Å². The maximum absolute atomic E-state index is 13.0. The van der Waals surface area contributed by atoms with Gasteiger partial charge >= 0.3 is 0 Å². The van der Waals surface area contributed by atoms with Crippen LogP contribution in [-0.2, 0) is 14.3 Å². The lowest BCUT2D eigenvalue weighted by Gasteiger charge is -2.55. The van der Waals surface area contributed by atoms with E-state index in [4.69, 9.17) is 4.74 Å². The average molecular weight is 363 g/mol. The molecule has 5 heteroatoms. The Morgan fingerprint density at radius 2 is 1.65 bits per heavy atom. The Morgan fingerprint density at radius 3 is 2.19 bits per heavy atom. The van der Waals surface area contributed by atoms with Crippen molar-refractivity contribution in [2.75, 3.05) is 19.6 Å². The Balaban J connectivity index is 1.28. The molecule has 5 fully saturated rings. The van der Waals surface area contributed by atoms with Crippen molar-refractivity contribution < 1.29 is 14.3 Å². The molecule has 0 radical (unpaired) electrons. The maximum atomic E-state index is 13.0. The third-order valence-corrected chi connectivity index (χ3v) is 7.07. The number of hydrogen-bond acceptors (Lipinski definition) is 3. The Labute approximate surface area is 157 Å². The van der Waals surface area contributed by atoms with Gasteiger partial charge in [0.25, 0.3) is 0 Å². The lowest BCUT2D eigenvalue weighted by atomic mass is 9.49. The summed E-state index contributed by atoms with van der Waals surface area (Å²) in [5, 5.41) is 3.12. The molecular weight excluding hydrogens is 328 g/mol. The van der Waals surface area contributed by atoms with Gasteiger partial charge in [-0.3, -0.25) is 9.59 Å². The Hall–Kier alpha value is -1.10. The summed E-state index contributed by atoms with van der Waals surface area (Å²) in [7, 11) is 0. The second kappa shape index (κ2) is 6.50. The minimum Gasteiger partial charge on any atom is -0.369 e. The number of carbonyl (C=O) groups is 2. The molecule has 26 heavy (non-hydrogen) atoms. The van der Waals surface area contributed by atoms with Crippen molar-refractivity contribution in [2.24, 2.45) is 23.2 Å². The third kappa shape index (κ3) is 3.51. The lowest BCUT2D eigenvalue weighted by Crippen LogP contribution is -2.55. The fraction of sp³-hybridized carbons (Fsp3) is 0.905. The molecular formula is C21H34N2O3. The number of morpholine rings is 1. The average Bonchev–Trinajstić information content (AvgIpc) is 2.51. The molecule has 5 aliphatic rings. The predicted molar refractivity (Wildman–Crippen MR) is 99.4 cm³/mol. The van der Waals surface area contributed by atoms with E-state index in [9.17, 15) is 9.59 Å². The molecule has 1 N–H and O–H groups in total. The van der Waals surface area contributed by atoms with Crippen molar-refractivity contribution in [3.63, 3.8) is 0 Å². The van der Waals surface area contributed by atoms with E-state index in [1.54, 1.807) is 0 Å². The van der Waals surface area contributed by atoms with E-state index in [1.165, 1.54) is 19.3 Å². The van der Waals surface area contributed by atoms with Gasteiger partial charge in [-0.25, -0.2) is 0 Å². The van der Waals surface area contributed by atoms with Gasteiger partial charge in [-0.15, -0.1) is 0 Å². The van der Waals surface area contributed by atoms with Crippen LogP contribution in [0.15, 0.2) is 0 Å². The van der Waals surface area contributed by atoms with Gasteiger partial charge in [0.1, 0.15) is 0 Å². The van der Waals surface area contributed by atoms with Gasteiger partial charge in [-0.1, -0.05) is 0 Å². The Bertz CT molecular complexity index is 551. The molecule has 146 valence electrons. The summed E-state index contributed by atoms with van der Waals surface area (Å²) in [5.74, 6) is 2.65. The Morgan fingerprint density at radius 1 is 1.08 bits per heavy atom. The van der Waals surface area contributed by atoms with E-state index in [-0.39, 0.29) is 28.9 Å². The minimum absolute atomic E-state index is 0.0596. The van der Waals surface area contributed by atoms with Crippen LogP contribution in [0.25, 0.3) is 0 Å². The number of rotatable bonds is 4. The second-order valence-electron chi connectivity index (χ2n) is 10.2. The molecule has 5 nitrogen and oxygen atoms in total. The van der Waals surface area contributed by atoms with E-state index in [2.05, 4.69) is 5.32 Å².